The van der Waals surface area contributed by atoms with E-state index < -0.39 is 0 Å². The van der Waals surface area contributed by atoms with E-state index in [0.29, 0.717) is 11.5 Å². The van der Waals surface area contributed by atoms with Crippen LogP contribution < -0.4 is 0 Å². The molecule has 0 saturated carbocycles. The third-order valence-electron chi connectivity index (χ3n) is 4.52. The average molecular weight is 319 g/mol. The van der Waals surface area contributed by atoms with Gasteiger partial charge in [0, 0.05) is 45.4 Å². The normalized spacial score (nSPS) is 20.9. The van der Waals surface area contributed by atoms with Crippen molar-refractivity contribution in [3.8, 4) is 0 Å². The van der Waals surface area contributed by atoms with Crippen LogP contribution in [0.2, 0.25) is 0 Å². The van der Waals surface area contributed by atoms with Gasteiger partial charge in [-0.3, -0.25) is 9.80 Å². The minimum atomic E-state index is 0.280. The van der Waals surface area contributed by atoms with Gasteiger partial charge in [-0.15, -0.1) is 0 Å². The summed E-state index contributed by atoms with van der Waals surface area (Å²) < 4.78 is 0. The number of aryl methyl sites for hydroxylation is 2. The van der Waals surface area contributed by atoms with Crippen LogP contribution in [0.1, 0.15) is 43.9 Å². The van der Waals surface area contributed by atoms with Gasteiger partial charge >= 0.3 is 0 Å². The second-order valence-corrected chi connectivity index (χ2v) is 8.43. The fourth-order valence-corrected chi connectivity index (χ4v) is 3.76. The van der Waals surface area contributed by atoms with Crippen LogP contribution in [-0.4, -0.2) is 53.7 Å². The van der Waals surface area contributed by atoms with Crippen molar-refractivity contribution in [1.29, 1.82) is 0 Å². The van der Waals surface area contributed by atoms with E-state index in [1.54, 1.807) is 0 Å². The van der Waals surface area contributed by atoms with Crippen molar-refractivity contribution in [2.24, 2.45) is 5.41 Å². The van der Waals surface area contributed by atoms with Gasteiger partial charge in [0.25, 0.3) is 0 Å². The fourth-order valence-electron chi connectivity index (χ4n) is 3.76. The van der Waals surface area contributed by atoms with Crippen molar-refractivity contribution in [1.82, 2.24) is 9.80 Å². The van der Waals surface area contributed by atoms with Crippen LogP contribution in [0.3, 0.4) is 0 Å². The molecular formula is C20H34N2O. The molecule has 1 aromatic carbocycles. The Bertz CT molecular complexity index is 487. The van der Waals surface area contributed by atoms with Gasteiger partial charge in [-0.25, -0.2) is 0 Å². The maximum Gasteiger partial charge on any atom is 0.0446 e. The molecule has 1 saturated heterocycles. The van der Waals surface area contributed by atoms with Crippen LogP contribution in [0, 0.1) is 19.3 Å². The zero-order valence-electron chi connectivity index (χ0n) is 15.6. The van der Waals surface area contributed by atoms with Gasteiger partial charge < -0.3 is 5.11 Å². The van der Waals surface area contributed by atoms with Crippen LogP contribution in [0.5, 0.6) is 0 Å². The van der Waals surface area contributed by atoms with Gasteiger partial charge in [-0.1, -0.05) is 50.1 Å². The maximum atomic E-state index is 9.44. The second kappa shape index (κ2) is 7.78. The van der Waals surface area contributed by atoms with Crippen molar-refractivity contribution in [3.63, 3.8) is 0 Å². The number of hydrogen-bond acceptors (Lipinski definition) is 3. The molecule has 0 amide bonds. The summed E-state index contributed by atoms with van der Waals surface area (Å²) in [6, 6.07) is 7.31. The Hall–Kier alpha value is -0.900. The monoisotopic (exact) mass is 318 g/mol. The highest BCUT2D eigenvalue weighted by Gasteiger charge is 2.29. The summed E-state index contributed by atoms with van der Waals surface area (Å²) in [5.74, 6) is 0. The summed E-state index contributed by atoms with van der Waals surface area (Å²) in [6.45, 7) is 16.9. The summed E-state index contributed by atoms with van der Waals surface area (Å²) in [5, 5.41) is 9.44. The van der Waals surface area contributed by atoms with E-state index in [2.05, 4.69) is 62.6 Å². The van der Waals surface area contributed by atoms with E-state index in [4.69, 9.17) is 0 Å². The van der Waals surface area contributed by atoms with Crippen LogP contribution >= 0.6 is 0 Å². The molecule has 0 aliphatic carbocycles. The third kappa shape index (κ3) is 5.91. The number of aliphatic hydroxyl groups is 1. The SMILES string of the molecule is Cc1cc(C)cc(CN2CCN(CC(C)(C)C)C(CCO)C2)c1. The van der Waals surface area contributed by atoms with Crippen molar-refractivity contribution >= 4 is 0 Å². The molecule has 1 aliphatic rings. The molecule has 3 nitrogen and oxygen atoms in total. The molecule has 23 heavy (non-hydrogen) atoms. The zero-order valence-corrected chi connectivity index (χ0v) is 15.6. The van der Waals surface area contributed by atoms with Crippen LogP contribution in [0.15, 0.2) is 18.2 Å². The highest BCUT2D eigenvalue weighted by atomic mass is 16.3. The second-order valence-electron chi connectivity index (χ2n) is 8.43. The van der Waals surface area contributed by atoms with Crippen LogP contribution in [0.25, 0.3) is 0 Å². The predicted molar refractivity (Wildman–Crippen MR) is 97.7 cm³/mol. The Morgan fingerprint density at radius 1 is 1.09 bits per heavy atom. The number of aliphatic hydroxyl groups excluding tert-OH is 1. The smallest absolute Gasteiger partial charge is 0.0446 e. The summed E-state index contributed by atoms with van der Waals surface area (Å²) in [6.07, 6.45) is 0.874. The van der Waals surface area contributed by atoms with Crippen LogP contribution in [0.4, 0.5) is 0 Å². The lowest BCUT2D eigenvalue weighted by Gasteiger charge is -2.44. The van der Waals surface area contributed by atoms with E-state index in [9.17, 15) is 5.11 Å². The number of hydrogen-bond donors (Lipinski definition) is 1. The molecule has 1 atom stereocenters. The van der Waals surface area contributed by atoms with Gasteiger partial charge in [0.05, 0.1) is 0 Å². The summed E-state index contributed by atoms with van der Waals surface area (Å²) in [5.41, 5.74) is 4.41. The first-order chi connectivity index (χ1) is 10.8. The Morgan fingerprint density at radius 2 is 1.74 bits per heavy atom. The zero-order chi connectivity index (χ0) is 17.0. The maximum absolute atomic E-state index is 9.44. The van der Waals surface area contributed by atoms with Gasteiger partial charge in [-0.05, 0) is 31.2 Å². The van der Waals surface area contributed by atoms with Crippen molar-refractivity contribution < 1.29 is 5.11 Å². The summed E-state index contributed by atoms with van der Waals surface area (Å²) >= 11 is 0. The lowest BCUT2D eigenvalue weighted by atomic mass is 9.94. The topological polar surface area (TPSA) is 26.7 Å². The third-order valence-corrected chi connectivity index (χ3v) is 4.52. The highest BCUT2D eigenvalue weighted by Crippen LogP contribution is 2.22. The minimum Gasteiger partial charge on any atom is -0.396 e. The standard InChI is InChI=1S/C20H34N2O/c1-16-10-17(2)12-18(11-16)13-21-7-8-22(15-20(3,4)5)19(14-21)6-9-23/h10-12,19,23H,6-9,13-15H2,1-5H3. The quantitative estimate of drug-likeness (QED) is 0.903. The molecule has 0 radical (unpaired) electrons. The van der Waals surface area contributed by atoms with E-state index in [1.807, 2.05) is 0 Å². The lowest BCUT2D eigenvalue weighted by molar-refractivity contribution is 0.0340. The molecule has 1 unspecified atom stereocenters. The molecule has 1 aliphatic heterocycles. The molecule has 3 heteroatoms. The summed E-state index contributed by atoms with van der Waals surface area (Å²) in [7, 11) is 0. The van der Waals surface area contributed by atoms with E-state index in [1.165, 1.54) is 16.7 Å². The van der Waals surface area contributed by atoms with Crippen molar-refractivity contribution in [2.75, 3.05) is 32.8 Å². The highest BCUT2D eigenvalue weighted by molar-refractivity contribution is 5.28. The first-order valence-electron chi connectivity index (χ1n) is 8.91. The number of piperazine rings is 1. The number of nitrogens with zero attached hydrogens (tertiary/aromatic N) is 2. The minimum absolute atomic E-state index is 0.280. The van der Waals surface area contributed by atoms with Gasteiger partial charge in [-0.2, -0.15) is 0 Å². The molecule has 1 N–H and O–H groups in total. The first-order valence-corrected chi connectivity index (χ1v) is 8.91. The molecule has 2 rings (SSSR count). The molecule has 0 aromatic heterocycles. The van der Waals surface area contributed by atoms with Crippen molar-refractivity contribution in [3.05, 3.63) is 34.9 Å². The van der Waals surface area contributed by atoms with E-state index in [0.717, 1.165) is 39.1 Å². The molecule has 0 bridgehead atoms. The first kappa shape index (κ1) is 18.4. The van der Waals surface area contributed by atoms with Gasteiger partial charge in [0.15, 0.2) is 0 Å². The van der Waals surface area contributed by atoms with Gasteiger partial charge in [0.2, 0.25) is 0 Å². The Labute approximate surface area is 142 Å². The molecule has 0 spiro atoms. The Balaban J connectivity index is 2.00. The molecular weight excluding hydrogens is 284 g/mol. The Kier molecular flexibility index (Phi) is 6.24. The van der Waals surface area contributed by atoms with E-state index >= 15 is 0 Å². The fraction of sp³-hybridized carbons (Fsp3) is 0.700. The molecule has 1 heterocycles. The van der Waals surface area contributed by atoms with Crippen LogP contribution in [-0.2, 0) is 6.54 Å². The molecule has 1 aromatic rings. The Morgan fingerprint density at radius 3 is 2.30 bits per heavy atom. The van der Waals surface area contributed by atoms with Gasteiger partial charge in [0.1, 0.15) is 0 Å². The molecule has 130 valence electrons. The number of benzene rings is 1. The average Bonchev–Trinajstić information content (AvgIpc) is 2.39. The number of rotatable bonds is 5. The largest absolute Gasteiger partial charge is 0.396 e. The lowest BCUT2D eigenvalue weighted by Crippen LogP contribution is -2.54. The molecule has 1 fully saturated rings. The van der Waals surface area contributed by atoms with E-state index in [-0.39, 0.29) is 6.61 Å². The predicted octanol–water partition coefficient (Wildman–Crippen LogP) is 3.22. The summed E-state index contributed by atoms with van der Waals surface area (Å²) in [4.78, 5) is 5.13. The van der Waals surface area contributed by atoms with Crippen molar-refractivity contribution in [2.45, 2.75) is 53.6 Å².